The first-order valence-electron chi connectivity index (χ1n) is 14.7. The number of benzene rings is 3. The molecule has 6 heteroatoms. The number of hydrogen-bond donors (Lipinski definition) is 0. The molecule has 0 unspecified atom stereocenters. The van der Waals surface area contributed by atoms with Crippen molar-refractivity contribution in [2.75, 3.05) is 13.7 Å². The Balaban J connectivity index is 1.16. The smallest absolute Gasteiger partial charge is 0.127 e. The van der Waals surface area contributed by atoms with Gasteiger partial charge in [-0.15, -0.1) is 0 Å². The van der Waals surface area contributed by atoms with E-state index in [0.29, 0.717) is 32.2 Å². The summed E-state index contributed by atoms with van der Waals surface area (Å²) in [5.41, 5.74) is 3.42. The van der Waals surface area contributed by atoms with Crippen LogP contribution in [0.5, 0.6) is 5.75 Å². The maximum Gasteiger partial charge on any atom is 0.127 e. The van der Waals surface area contributed by atoms with Crippen LogP contribution in [0.15, 0.2) is 97.3 Å². The van der Waals surface area contributed by atoms with Gasteiger partial charge in [0.15, 0.2) is 0 Å². The highest BCUT2D eigenvalue weighted by atomic mass is 16.6. The second-order valence-corrected chi connectivity index (χ2v) is 10.8. The fourth-order valence-corrected chi connectivity index (χ4v) is 5.51. The molecule has 218 valence electrons. The standard InChI is InChI=1S/C35H42O6/c1-26-31(38-25-29-15-17-30(36-2)18-16-29)19-20-33-35(40-26)22-34(39-24-28-12-7-4-8-13-28)32(41-33)14-9-21-37-23-27-10-5-3-6-11-27/h3-8,10-13,15-18,31-35H,1,9,14,19-25H2,2H3/t31-,32-,33+,34+,35-/m0/s1. The van der Waals surface area contributed by atoms with Crippen LogP contribution in [0.2, 0.25) is 0 Å². The molecule has 2 heterocycles. The van der Waals surface area contributed by atoms with Crippen molar-refractivity contribution in [2.24, 2.45) is 0 Å². The second kappa shape index (κ2) is 15.2. The van der Waals surface area contributed by atoms with E-state index in [0.717, 1.165) is 49.0 Å². The largest absolute Gasteiger partial charge is 0.497 e. The minimum atomic E-state index is -0.181. The SMILES string of the molecule is C=C1O[C@H]2C[C@@H](OCc3ccccc3)[C@H](CCCOCc3ccccc3)O[C@@H]2CC[C@@H]1OCc1ccc(OC)cc1. The third-order valence-corrected chi connectivity index (χ3v) is 7.82. The molecule has 0 bridgehead atoms. The summed E-state index contributed by atoms with van der Waals surface area (Å²) >= 11 is 0. The molecule has 3 aromatic rings. The summed E-state index contributed by atoms with van der Waals surface area (Å²) in [7, 11) is 1.67. The van der Waals surface area contributed by atoms with Crippen LogP contribution in [-0.2, 0) is 43.5 Å². The van der Waals surface area contributed by atoms with Gasteiger partial charge in [-0.3, -0.25) is 0 Å². The first kappa shape index (κ1) is 29.3. The van der Waals surface area contributed by atoms with Crippen LogP contribution < -0.4 is 4.74 Å². The van der Waals surface area contributed by atoms with E-state index in [1.54, 1.807) is 7.11 Å². The molecule has 6 nitrogen and oxygen atoms in total. The maximum absolute atomic E-state index is 6.71. The van der Waals surface area contributed by atoms with Gasteiger partial charge in [-0.25, -0.2) is 0 Å². The zero-order valence-electron chi connectivity index (χ0n) is 24.0. The second-order valence-electron chi connectivity index (χ2n) is 10.8. The topological polar surface area (TPSA) is 55.4 Å². The average Bonchev–Trinajstić information content (AvgIpc) is 3.17. The molecule has 2 aliphatic rings. The van der Waals surface area contributed by atoms with Crippen molar-refractivity contribution in [3.05, 3.63) is 114 Å². The molecule has 0 saturated carbocycles. The maximum atomic E-state index is 6.71. The lowest BCUT2D eigenvalue weighted by Crippen LogP contribution is -2.48. The summed E-state index contributed by atoms with van der Waals surface area (Å²) in [4.78, 5) is 0. The Morgan fingerprint density at radius 2 is 1.41 bits per heavy atom. The van der Waals surface area contributed by atoms with Gasteiger partial charge < -0.3 is 28.4 Å². The Morgan fingerprint density at radius 1 is 0.756 bits per heavy atom. The first-order valence-corrected chi connectivity index (χ1v) is 14.7. The number of hydrogen-bond acceptors (Lipinski definition) is 6. The molecule has 0 amide bonds. The van der Waals surface area contributed by atoms with E-state index in [9.17, 15) is 0 Å². The third kappa shape index (κ3) is 8.66. The molecule has 2 fully saturated rings. The average molecular weight is 559 g/mol. The minimum absolute atomic E-state index is 0.0195. The van der Waals surface area contributed by atoms with Gasteiger partial charge in [-0.05, 0) is 54.5 Å². The Bertz CT molecular complexity index is 1180. The van der Waals surface area contributed by atoms with Gasteiger partial charge >= 0.3 is 0 Å². The molecule has 0 N–H and O–H groups in total. The molecule has 0 spiro atoms. The predicted molar refractivity (Wildman–Crippen MR) is 158 cm³/mol. The van der Waals surface area contributed by atoms with Crippen LogP contribution in [0.4, 0.5) is 0 Å². The van der Waals surface area contributed by atoms with E-state index in [4.69, 9.17) is 28.4 Å². The van der Waals surface area contributed by atoms with Gasteiger partial charge in [0.25, 0.3) is 0 Å². The highest BCUT2D eigenvalue weighted by Gasteiger charge is 2.42. The van der Waals surface area contributed by atoms with Crippen LogP contribution in [-0.4, -0.2) is 44.2 Å². The molecule has 41 heavy (non-hydrogen) atoms. The summed E-state index contributed by atoms with van der Waals surface area (Å²) in [5.74, 6) is 1.50. The van der Waals surface area contributed by atoms with Crippen molar-refractivity contribution in [2.45, 2.75) is 82.4 Å². The van der Waals surface area contributed by atoms with Crippen molar-refractivity contribution in [1.29, 1.82) is 0 Å². The Hall–Kier alpha value is -3.16. The lowest BCUT2D eigenvalue weighted by atomic mass is 9.93. The summed E-state index contributed by atoms with van der Waals surface area (Å²) in [6, 6.07) is 28.5. The van der Waals surface area contributed by atoms with E-state index in [1.165, 1.54) is 5.56 Å². The fraction of sp³-hybridized carbons (Fsp3) is 0.429. The predicted octanol–water partition coefficient (Wildman–Crippen LogP) is 7.01. The van der Waals surface area contributed by atoms with E-state index in [1.807, 2.05) is 60.7 Å². The van der Waals surface area contributed by atoms with E-state index in [-0.39, 0.29) is 30.5 Å². The van der Waals surface area contributed by atoms with Gasteiger partial charge in [-0.2, -0.15) is 0 Å². The molecular formula is C35H42O6. The normalized spacial score (nSPS) is 24.2. The highest BCUT2D eigenvalue weighted by Crippen LogP contribution is 2.35. The lowest BCUT2D eigenvalue weighted by Gasteiger charge is -2.40. The van der Waals surface area contributed by atoms with Crippen molar-refractivity contribution in [3.8, 4) is 5.75 Å². The van der Waals surface area contributed by atoms with Crippen molar-refractivity contribution in [1.82, 2.24) is 0 Å². The van der Waals surface area contributed by atoms with Gasteiger partial charge in [0.1, 0.15) is 23.7 Å². The quantitative estimate of drug-likeness (QED) is 0.210. The van der Waals surface area contributed by atoms with Crippen LogP contribution in [0.25, 0.3) is 0 Å². The summed E-state index contributed by atoms with van der Waals surface area (Å²) in [6.07, 6.45) is 3.79. The monoisotopic (exact) mass is 558 g/mol. The van der Waals surface area contributed by atoms with Gasteiger partial charge in [-0.1, -0.05) is 79.4 Å². The third-order valence-electron chi connectivity index (χ3n) is 7.82. The molecule has 0 aromatic heterocycles. The van der Waals surface area contributed by atoms with Crippen molar-refractivity contribution < 1.29 is 28.4 Å². The molecule has 5 atom stereocenters. The highest BCUT2D eigenvalue weighted by molar-refractivity contribution is 5.26. The molecular weight excluding hydrogens is 516 g/mol. The number of ether oxygens (including phenoxy) is 6. The van der Waals surface area contributed by atoms with E-state index >= 15 is 0 Å². The number of fused-ring (bicyclic) bond motifs is 1. The van der Waals surface area contributed by atoms with Gasteiger partial charge in [0, 0.05) is 13.0 Å². The minimum Gasteiger partial charge on any atom is -0.497 e. The van der Waals surface area contributed by atoms with Crippen LogP contribution >= 0.6 is 0 Å². The zero-order valence-corrected chi connectivity index (χ0v) is 24.0. The summed E-state index contributed by atoms with van der Waals surface area (Å²) < 4.78 is 37.0. The van der Waals surface area contributed by atoms with Crippen molar-refractivity contribution in [3.63, 3.8) is 0 Å². The number of rotatable bonds is 13. The molecule has 2 saturated heterocycles. The molecule has 0 radical (unpaired) electrons. The van der Waals surface area contributed by atoms with Gasteiger partial charge in [0.05, 0.1) is 45.2 Å². The molecule has 3 aromatic carbocycles. The molecule has 0 aliphatic carbocycles. The summed E-state index contributed by atoms with van der Waals surface area (Å²) in [5, 5.41) is 0. The van der Waals surface area contributed by atoms with E-state index in [2.05, 4.69) is 30.8 Å². The Morgan fingerprint density at radius 3 is 2.12 bits per heavy atom. The summed E-state index contributed by atoms with van der Waals surface area (Å²) in [6.45, 7) is 6.58. The fourth-order valence-electron chi connectivity index (χ4n) is 5.51. The van der Waals surface area contributed by atoms with Crippen molar-refractivity contribution >= 4 is 0 Å². The van der Waals surface area contributed by atoms with Crippen LogP contribution in [0.1, 0.15) is 48.8 Å². The van der Waals surface area contributed by atoms with E-state index < -0.39 is 0 Å². The molecule has 5 rings (SSSR count). The van der Waals surface area contributed by atoms with Crippen LogP contribution in [0, 0.1) is 0 Å². The first-order chi connectivity index (χ1) is 20.2. The molecule has 2 aliphatic heterocycles. The van der Waals surface area contributed by atoms with Gasteiger partial charge in [0.2, 0.25) is 0 Å². The lowest BCUT2D eigenvalue weighted by molar-refractivity contribution is -0.192. The Kier molecular flexibility index (Phi) is 10.9. The Labute approximate surface area is 244 Å². The zero-order chi connectivity index (χ0) is 28.3. The number of methoxy groups -OCH3 is 1. The van der Waals surface area contributed by atoms with Crippen LogP contribution in [0.3, 0.4) is 0 Å².